The molecular formula is C35H46N2O9S2. The van der Waals surface area contributed by atoms with Crippen LogP contribution in [0.25, 0.3) is 21.5 Å². The van der Waals surface area contributed by atoms with Crippen molar-refractivity contribution >= 4 is 53.1 Å². The van der Waals surface area contributed by atoms with Crippen molar-refractivity contribution in [2.45, 2.75) is 33.1 Å². The fourth-order valence-electron chi connectivity index (χ4n) is 3.93. The van der Waals surface area contributed by atoms with Gasteiger partial charge in [-0.15, -0.1) is 12.8 Å². The Labute approximate surface area is 285 Å². The zero-order chi connectivity index (χ0) is 36.7. The van der Waals surface area contributed by atoms with Crippen molar-refractivity contribution < 1.29 is 42.4 Å². The predicted octanol–water partition coefficient (Wildman–Crippen LogP) is 4.94. The van der Waals surface area contributed by atoms with Gasteiger partial charge in [0.25, 0.3) is 0 Å². The van der Waals surface area contributed by atoms with Crippen LogP contribution < -0.4 is 20.5 Å². The highest BCUT2D eigenvalue weighted by atomic mass is 32.2. The van der Waals surface area contributed by atoms with Gasteiger partial charge in [-0.05, 0) is 70.8 Å². The molecule has 0 aliphatic rings. The molecule has 0 saturated heterocycles. The summed E-state index contributed by atoms with van der Waals surface area (Å²) in [6.07, 6.45) is 7.94. The largest absolute Gasteiger partial charge is 0.497 e. The fraction of sp³-hybridized carbons (Fsp3) is 0.314. The maximum Gasteiger partial charge on any atom is 0.310 e. The van der Waals surface area contributed by atoms with Crippen molar-refractivity contribution in [3.63, 3.8) is 0 Å². The summed E-state index contributed by atoms with van der Waals surface area (Å²) in [6, 6.07) is 22.9. The first-order chi connectivity index (χ1) is 22.4. The Morgan fingerprint density at radius 2 is 1.15 bits per heavy atom. The van der Waals surface area contributed by atoms with Crippen molar-refractivity contribution in [3.8, 4) is 24.3 Å². The zero-order valence-corrected chi connectivity index (χ0v) is 28.8. The van der Waals surface area contributed by atoms with Crippen LogP contribution in [-0.2, 0) is 29.3 Å². The molecule has 0 aliphatic carbocycles. The molecule has 4 aromatic rings. The van der Waals surface area contributed by atoms with Gasteiger partial charge in [0.1, 0.15) is 18.7 Å². The van der Waals surface area contributed by atoms with Crippen LogP contribution in [0.2, 0.25) is 0 Å². The van der Waals surface area contributed by atoms with E-state index in [0.29, 0.717) is 0 Å². The number of terminal acetylenes is 1. The van der Waals surface area contributed by atoms with Crippen LogP contribution in [0.5, 0.6) is 11.5 Å². The molecule has 48 heavy (non-hydrogen) atoms. The number of carboxylic acid groups (broad SMARTS) is 1. The Hall–Kier alpha value is -4.64. The number of methoxy groups -OCH3 is 2. The molecule has 0 fully saturated rings. The summed E-state index contributed by atoms with van der Waals surface area (Å²) in [6.45, 7) is 3.44. The van der Waals surface area contributed by atoms with E-state index >= 15 is 0 Å². The number of fused-ring (bicyclic) bond motifs is 2. The van der Waals surface area contributed by atoms with E-state index < -0.39 is 37.5 Å². The van der Waals surface area contributed by atoms with E-state index in [0.717, 1.165) is 56.7 Å². The Kier molecular flexibility index (Phi) is 17.1. The van der Waals surface area contributed by atoms with E-state index in [-0.39, 0.29) is 25.1 Å². The number of carboxylic acids is 1. The highest BCUT2D eigenvalue weighted by Gasteiger charge is 2.17. The van der Waals surface area contributed by atoms with Crippen LogP contribution >= 0.6 is 0 Å². The summed E-state index contributed by atoms with van der Waals surface area (Å²) < 4.78 is 58.0. The number of amides is 1. The minimum Gasteiger partial charge on any atom is -0.497 e. The van der Waals surface area contributed by atoms with E-state index in [1.54, 1.807) is 28.1 Å². The molecule has 2 atom stereocenters. The molecule has 0 saturated carbocycles. The number of hydrogen-bond acceptors (Lipinski definition) is 9. The van der Waals surface area contributed by atoms with Crippen LogP contribution in [-0.4, -0.2) is 72.3 Å². The second kappa shape index (κ2) is 19.9. The molecule has 4 rings (SSSR count). The number of nitrogens with two attached hydrogens (primary N) is 1. The molecule has 11 nitrogen and oxygen atoms in total. The first-order valence-corrected chi connectivity index (χ1v) is 18.1. The Bertz CT molecular complexity index is 1960. The lowest BCUT2D eigenvalue weighted by molar-refractivity contribution is -0.138. The third kappa shape index (κ3) is 14.4. The second-order valence-electron chi connectivity index (χ2n) is 10.4. The van der Waals surface area contributed by atoms with Crippen molar-refractivity contribution in [2.75, 3.05) is 38.5 Å². The van der Waals surface area contributed by atoms with Gasteiger partial charge < -0.3 is 25.6 Å². The highest BCUT2D eigenvalue weighted by molar-refractivity contribution is 7.90. The minimum atomic E-state index is -3.22. The van der Waals surface area contributed by atoms with E-state index in [1.807, 2.05) is 72.8 Å². The Balaban J connectivity index is 0.000000756. The number of hydrogen-bond donors (Lipinski definition) is 3. The van der Waals surface area contributed by atoms with Crippen LogP contribution in [0.4, 0.5) is 0 Å². The van der Waals surface area contributed by atoms with Gasteiger partial charge >= 0.3 is 5.97 Å². The monoisotopic (exact) mass is 703 g/mol. The molecule has 4 aromatic carbocycles. The average molecular weight is 704 g/mol. The van der Waals surface area contributed by atoms with Gasteiger partial charge in [-0.1, -0.05) is 56.0 Å². The van der Waals surface area contributed by atoms with Gasteiger partial charge in [0.05, 0.1) is 31.9 Å². The van der Waals surface area contributed by atoms with Crippen LogP contribution in [0.15, 0.2) is 72.8 Å². The van der Waals surface area contributed by atoms with Gasteiger partial charge in [-0.2, -0.15) is 0 Å². The number of rotatable bonds is 9. The highest BCUT2D eigenvalue weighted by Crippen LogP contribution is 2.26. The van der Waals surface area contributed by atoms with Gasteiger partial charge in [-0.3, -0.25) is 9.59 Å². The number of carbonyl (C=O) groups excluding carboxylic acids is 1. The quantitative estimate of drug-likeness (QED) is 0.202. The van der Waals surface area contributed by atoms with Crippen LogP contribution in [0.1, 0.15) is 45.6 Å². The maximum absolute atomic E-state index is 12.0. The summed E-state index contributed by atoms with van der Waals surface area (Å²) in [4.78, 5) is 22.9. The first kappa shape index (κ1) is 41.4. The summed E-state index contributed by atoms with van der Waals surface area (Å²) in [7, 11) is -2.87. The molecule has 0 heterocycles. The predicted molar refractivity (Wildman–Crippen MR) is 194 cm³/mol. The SMILES string of the molecule is C.COc1ccc2cc(C(C)C(=O)NCS(C)(=O)=O)ccc2c1.COc1ccc2cc(C(C)C(=O)O)ccc2c1.CS(=O)(=O)CN.[2H]C#C. The normalized spacial score (nSPS) is 11.9. The van der Waals surface area contributed by atoms with Gasteiger partial charge in [0, 0.05) is 12.5 Å². The molecule has 13 heteroatoms. The molecular weight excluding hydrogens is 657 g/mol. The number of ether oxygens (including phenoxy) is 2. The van der Waals surface area contributed by atoms with Crippen molar-refractivity contribution in [1.29, 1.82) is 0 Å². The van der Waals surface area contributed by atoms with Crippen molar-refractivity contribution in [1.82, 2.24) is 5.32 Å². The van der Waals surface area contributed by atoms with E-state index in [9.17, 15) is 26.4 Å². The number of benzene rings is 4. The second-order valence-corrected chi connectivity index (χ2v) is 14.8. The van der Waals surface area contributed by atoms with Crippen molar-refractivity contribution in [3.05, 3.63) is 83.9 Å². The number of sulfone groups is 2. The van der Waals surface area contributed by atoms with E-state index in [2.05, 4.69) is 11.7 Å². The Morgan fingerprint density at radius 3 is 1.48 bits per heavy atom. The third-order valence-corrected chi connectivity index (χ3v) is 7.99. The number of aliphatic carboxylic acids is 1. The lowest BCUT2D eigenvalue weighted by Crippen LogP contribution is -2.32. The Morgan fingerprint density at radius 1 is 0.792 bits per heavy atom. The van der Waals surface area contributed by atoms with E-state index in [4.69, 9.17) is 21.7 Å². The van der Waals surface area contributed by atoms with E-state index in [1.165, 1.54) is 6.40 Å². The zero-order valence-electron chi connectivity index (χ0n) is 28.2. The minimum absolute atomic E-state index is 0. The summed E-state index contributed by atoms with van der Waals surface area (Å²) in [5.41, 5.74) is 6.37. The van der Waals surface area contributed by atoms with Crippen LogP contribution in [0, 0.1) is 12.8 Å². The molecule has 0 aliphatic heterocycles. The lowest BCUT2D eigenvalue weighted by Gasteiger charge is -2.13. The molecule has 4 N–H and O–H groups in total. The first-order valence-electron chi connectivity index (χ1n) is 14.5. The standard InChI is InChI=1S/C16H19NO4S.C14H14O3.C2H7NO2S.C2H2.CH4/c1-11(16(18)17-10-22(3,19)20)12-4-5-14-9-15(21-2)7-6-13(14)8-12;1-9(14(15)16)10-3-4-12-8-13(17-2)6-5-11(12)7-10;1-6(4,5)2-3;1-2;/h4-9,11H,10H2,1-3H3,(H,17,18);3-9H,1-2H3,(H,15,16);2-3H2,1H3;1-2H;1H4/i;;;1D;. The molecule has 0 aromatic heterocycles. The molecule has 0 bridgehead atoms. The molecule has 0 radical (unpaired) electrons. The topological polar surface area (TPSA) is 179 Å². The van der Waals surface area contributed by atoms with Gasteiger partial charge in [-0.25, -0.2) is 16.8 Å². The molecule has 0 spiro atoms. The van der Waals surface area contributed by atoms with Crippen LogP contribution in [0.3, 0.4) is 0 Å². The van der Waals surface area contributed by atoms with Gasteiger partial charge in [0.15, 0.2) is 19.7 Å². The maximum atomic E-state index is 12.0. The summed E-state index contributed by atoms with van der Waals surface area (Å²) >= 11 is 0. The lowest BCUT2D eigenvalue weighted by atomic mass is 9.97. The van der Waals surface area contributed by atoms with Crippen molar-refractivity contribution in [2.24, 2.45) is 5.73 Å². The average Bonchev–Trinajstić information content (AvgIpc) is 3.05. The summed E-state index contributed by atoms with van der Waals surface area (Å²) in [5, 5.41) is 15.5. The molecule has 262 valence electrons. The molecule has 1 amide bonds. The fourth-order valence-corrected chi connectivity index (χ4v) is 4.33. The third-order valence-electron chi connectivity index (χ3n) is 6.72. The smallest absolute Gasteiger partial charge is 0.310 e. The van der Waals surface area contributed by atoms with Gasteiger partial charge in [0.2, 0.25) is 5.91 Å². The number of nitrogens with one attached hydrogen (secondary N) is 1. The summed E-state index contributed by atoms with van der Waals surface area (Å²) in [5.74, 6) is -1.05. The number of carbonyl (C=O) groups is 2. The molecule has 2 unspecified atom stereocenters.